The van der Waals surface area contributed by atoms with Crippen molar-refractivity contribution in [3.8, 4) is 0 Å². The van der Waals surface area contributed by atoms with E-state index in [0.717, 1.165) is 12.8 Å². The predicted molar refractivity (Wildman–Crippen MR) is 152 cm³/mol. The molecule has 3 atom stereocenters. The van der Waals surface area contributed by atoms with Crippen LogP contribution in [0.4, 0.5) is 4.79 Å². The zero-order valence-electron chi connectivity index (χ0n) is 24.4. The van der Waals surface area contributed by atoms with Gasteiger partial charge in [-0.1, -0.05) is 64.5 Å². The lowest BCUT2D eigenvalue weighted by molar-refractivity contribution is -0.143. The first-order valence-electron chi connectivity index (χ1n) is 13.9. The third-order valence-electron chi connectivity index (χ3n) is 6.93. The SMILES string of the molecule is C=C/C(=C\C=C/C)COC(=O)CNC(=O)NC(C(=O)N1CCC[C@H]1C(=O)NC(CC1CC1)C(=O)C(N)=O)C(C)(C)C. The number of nitrogens with two attached hydrogens (primary N) is 1. The van der Waals surface area contributed by atoms with Crippen LogP contribution >= 0.6 is 0 Å². The minimum Gasteiger partial charge on any atom is -0.460 e. The van der Waals surface area contributed by atoms with Crippen molar-refractivity contribution in [1.29, 1.82) is 0 Å². The van der Waals surface area contributed by atoms with Gasteiger partial charge in [-0.05, 0) is 43.1 Å². The minimum absolute atomic E-state index is 0.00988. The van der Waals surface area contributed by atoms with Gasteiger partial charge in [-0.25, -0.2) is 4.79 Å². The van der Waals surface area contributed by atoms with Crippen molar-refractivity contribution in [3.05, 3.63) is 36.5 Å². The molecule has 1 saturated heterocycles. The highest BCUT2D eigenvalue weighted by Crippen LogP contribution is 2.34. The third kappa shape index (κ3) is 10.5. The molecule has 41 heavy (non-hydrogen) atoms. The van der Waals surface area contributed by atoms with Gasteiger partial charge in [-0.3, -0.25) is 24.0 Å². The van der Waals surface area contributed by atoms with Crippen LogP contribution in [0.15, 0.2) is 36.5 Å². The summed E-state index contributed by atoms with van der Waals surface area (Å²) in [5.74, 6) is -3.42. The maximum absolute atomic E-state index is 13.6. The van der Waals surface area contributed by atoms with Crippen LogP contribution in [0, 0.1) is 11.3 Å². The number of primary amides is 1. The molecule has 0 aromatic carbocycles. The van der Waals surface area contributed by atoms with Crippen LogP contribution in [0.5, 0.6) is 0 Å². The molecule has 2 rings (SSSR count). The Morgan fingerprint density at radius 3 is 2.34 bits per heavy atom. The summed E-state index contributed by atoms with van der Waals surface area (Å²) in [6, 6.07) is -3.68. The lowest BCUT2D eigenvalue weighted by atomic mass is 9.85. The summed E-state index contributed by atoms with van der Waals surface area (Å²) in [6.07, 6.45) is 9.96. The maximum atomic E-state index is 13.6. The number of amides is 5. The van der Waals surface area contributed by atoms with Gasteiger partial charge in [0.1, 0.15) is 25.2 Å². The number of nitrogens with one attached hydrogen (secondary N) is 3. The summed E-state index contributed by atoms with van der Waals surface area (Å²) in [5, 5.41) is 7.67. The first-order chi connectivity index (χ1) is 19.3. The number of esters is 1. The van der Waals surface area contributed by atoms with Gasteiger partial charge in [-0.2, -0.15) is 0 Å². The number of rotatable bonds is 14. The highest BCUT2D eigenvalue weighted by molar-refractivity contribution is 6.37. The van der Waals surface area contributed by atoms with E-state index in [-0.39, 0.29) is 19.1 Å². The monoisotopic (exact) mass is 573 g/mol. The second kappa shape index (κ2) is 15.2. The average Bonchev–Trinajstić information content (AvgIpc) is 3.59. The van der Waals surface area contributed by atoms with E-state index in [1.54, 1.807) is 39.0 Å². The minimum atomic E-state index is -1.12. The number of ketones is 1. The fourth-order valence-electron chi connectivity index (χ4n) is 4.42. The van der Waals surface area contributed by atoms with Crippen molar-refractivity contribution < 1.29 is 33.5 Å². The molecule has 1 heterocycles. The molecule has 2 fully saturated rings. The molecule has 2 aliphatic rings. The number of nitrogens with zero attached hydrogens (tertiary/aromatic N) is 1. The number of carbonyl (C=O) groups is 6. The Morgan fingerprint density at radius 2 is 1.78 bits per heavy atom. The number of likely N-dealkylation sites (tertiary alicyclic amines) is 1. The molecule has 5 amide bonds. The number of allylic oxidation sites excluding steroid dienone is 3. The molecule has 12 heteroatoms. The quantitative estimate of drug-likeness (QED) is 0.137. The van der Waals surface area contributed by atoms with Gasteiger partial charge in [0.15, 0.2) is 0 Å². The standard InChI is InChI=1S/C29H43N5O7/c1-6-8-10-18(7-2)17-41-22(35)16-31-28(40)33-24(29(3,4)5)27(39)34-14-9-11-21(34)26(38)32-20(15-19-12-13-19)23(36)25(30)37/h6-8,10,19-21,24H,2,9,11-17H2,1,3-5H3,(H2,30,37)(H,32,38)(H2,31,33,40)/b8-6-,18-10+/t20?,21-,24?/m0/s1. The van der Waals surface area contributed by atoms with Crippen LogP contribution in [0.1, 0.15) is 59.8 Å². The van der Waals surface area contributed by atoms with E-state index in [9.17, 15) is 28.8 Å². The number of carbonyl (C=O) groups excluding carboxylic acids is 6. The van der Waals surface area contributed by atoms with Crippen molar-refractivity contribution in [3.63, 3.8) is 0 Å². The molecule has 0 aromatic heterocycles. The van der Waals surface area contributed by atoms with Gasteiger partial charge < -0.3 is 31.3 Å². The highest BCUT2D eigenvalue weighted by Gasteiger charge is 2.43. The van der Waals surface area contributed by atoms with E-state index in [1.165, 1.54) is 4.90 Å². The smallest absolute Gasteiger partial charge is 0.325 e. The molecule has 0 radical (unpaired) electrons. The first-order valence-corrected chi connectivity index (χ1v) is 13.9. The molecule has 2 unspecified atom stereocenters. The predicted octanol–water partition coefficient (Wildman–Crippen LogP) is 1.26. The van der Waals surface area contributed by atoms with Crippen molar-refractivity contribution in [2.24, 2.45) is 17.1 Å². The third-order valence-corrected chi connectivity index (χ3v) is 6.93. The first kappa shape index (κ1) is 33.2. The van der Waals surface area contributed by atoms with Gasteiger partial charge in [0.25, 0.3) is 5.91 Å². The zero-order chi connectivity index (χ0) is 30.7. The molecule has 1 aliphatic carbocycles. The van der Waals surface area contributed by atoms with Crippen LogP contribution in [-0.2, 0) is 28.7 Å². The average molecular weight is 574 g/mol. The summed E-state index contributed by atoms with van der Waals surface area (Å²) in [5.41, 5.74) is 5.12. The molecular weight excluding hydrogens is 530 g/mol. The second-order valence-electron chi connectivity index (χ2n) is 11.4. The van der Waals surface area contributed by atoms with Gasteiger partial charge in [0, 0.05) is 6.54 Å². The van der Waals surface area contributed by atoms with E-state index in [1.807, 2.05) is 13.0 Å². The zero-order valence-corrected chi connectivity index (χ0v) is 24.4. The number of hydrogen-bond donors (Lipinski definition) is 4. The van der Waals surface area contributed by atoms with E-state index >= 15 is 0 Å². The van der Waals surface area contributed by atoms with Gasteiger partial charge in [0.05, 0.1) is 6.04 Å². The van der Waals surface area contributed by atoms with E-state index in [4.69, 9.17) is 10.5 Å². The lowest BCUT2D eigenvalue weighted by Gasteiger charge is -2.35. The molecule has 12 nitrogen and oxygen atoms in total. The Hall–Kier alpha value is -3.96. The van der Waals surface area contributed by atoms with Crippen molar-refractivity contribution >= 4 is 35.5 Å². The molecule has 1 aliphatic heterocycles. The van der Waals surface area contributed by atoms with Crippen LogP contribution in [0.3, 0.4) is 0 Å². The number of ether oxygens (including phenoxy) is 1. The second-order valence-corrected chi connectivity index (χ2v) is 11.4. The molecule has 0 aromatic rings. The highest BCUT2D eigenvalue weighted by atomic mass is 16.5. The summed E-state index contributed by atoms with van der Waals surface area (Å²) < 4.78 is 5.15. The Kier molecular flexibility index (Phi) is 12.3. The summed E-state index contributed by atoms with van der Waals surface area (Å²) in [7, 11) is 0. The van der Waals surface area contributed by atoms with Crippen molar-refractivity contribution in [2.45, 2.75) is 77.9 Å². The van der Waals surface area contributed by atoms with Gasteiger partial charge in [-0.15, -0.1) is 0 Å². The molecule has 0 spiro atoms. The fraction of sp³-hybridized carbons (Fsp3) is 0.586. The number of urea groups is 1. The Balaban J connectivity index is 2.01. The van der Waals surface area contributed by atoms with Crippen LogP contribution < -0.4 is 21.7 Å². The van der Waals surface area contributed by atoms with Gasteiger partial charge >= 0.3 is 12.0 Å². The number of hydrogen-bond acceptors (Lipinski definition) is 7. The van der Waals surface area contributed by atoms with E-state index in [2.05, 4.69) is 22.5 Å². The molecule has 226 valence electrons. The van der Waals surface area contributed by atoms with Crippen LogP contribution in [0.2, 0.25) is 0 Å². The van der Waals surface area contributed by atoms with Crippen LogP contribution in [0.25, 0.3) is 0 Å². The van der Waals surface area contributed by atoms with Crippen molar-refractivity contribution in [1.82, 2.24) is 20.9 Å². The Bertz CT molecular complexity index is 1090. The Morgan fingerprint density at radius 1 is 1.10 bits per heavy atom. The molecule has 0 bridgehead atoms. The van der Waals surface area contributed by atoms with Gasteiger partial charge in [0.2, 0.25) is 17.6 Å². The molecule has 5 N–H and O–H groups in total. The lowest BCUT2D eigenvalue weighted by Crippen LogP contribution is -2.60. The van der Waals surface area contributed by atoms with E-state index in [0.29, 0.717) is 24.8 Å². The topological polar surface area (TPSA) is 177 Å². The summed E-state index contributed by atoms with van der Waals surface area (Å²) in [6.45, 7) is 10.7. The number of Topliss-reactive ketones (excluding diaryl/α,β-unsaturated/α-hetero) is 1. The van der Waals surface area contributed by atoms with Crippen LogP contribution in [-0.4, -0.2) is 78.2 Å². The summed E-state index contributed by atoms with van der Waals surface area (Å²) in [4.78, 5) is 76.8. The largest absolute Gasteiger partial charge is 0.460 e. The van der Waals surface area contributed by atoms with E-state index < -0.39 is 65.6 Å². The van der Waals surface area contributed by atoms with Crippen molar-refractivity contribution in [2.75, 3.05) is 19.7 Å². The molecular formula is C29H43N5O7. The Labute approximate surface area is 241 Å². The fourth-order valence-corrected chi connectivity index (χ4v) is 4.42. The molecule has 1 saturated carbocycles. The maximum Gasteiger partial charge on any atom is 0.325 e. The normalized spacial score (nSPS) is 18.8. The summed E-state index contributed by atoms with van der Waals surface area (Å²) >= 11 is 0.